The molecule has 6 aliphatic rings. The van der Waals surface area contributed by atoms with E-state index >= 15 is 0 Å². The third kappa shape index (κ3) is 3.84. The first-order chi connectivity index (χ1) is 17.3. The van der Waals surface area contributed by atoms with Gasteiger partial charge in [0.05, 0.1) is 0 Å². The van der Waals surface area contributed by atoms with Crippen LogP contribution in [-0.2, 0) is 134 Å². The first-order valence-electron chi connectivity index (χ1n) is 11.7. The Morgan fingerprint density at radius 3 is 0.389 bits per heavy atom. The smallest absolute Gasteiger partial charge is 0.0495 e. The molecule has 6 aliphatic heterocycles. The third-order valence-electron chi connectivity index (χ3n) is 8.04. The van der Waals surface area contributed by atoms with Crippen LogP contribution >= 0.6 is 0 Å². The van der Waals surface area contributed by atoms with Gasteiger partial charge in [0.15, 0.2) is 0 Å². The monoisotopic (exact) mass is 600 g/mol. The summed E-state index contributed by atoms with van der Waals surface area (Å²) in [6.07, 6.45) is 0. The van der Waals surface area contributed by atoms with Gasteiger partial charge in [0.2, 0.25) is 0 Å². The molecule has 0 unspecified atom stereocenters. The van der Waals surface area contributed by atoms with Crippen LogP contribution in [0.1, 0.15) is 66.8 Å². The van der Waals surface area contributed by atoms with Gasteiger partial charge in [0.25, 0.3) is 0 Å². The van der Waals surface area contributed by atoms with Crippen molar-refractivity contribution >= 4 is 64.8 Å². The number of rotatable bonds is 0. The molecular formula is C24H24O6S6. The molecule has 0 fully saturated rings. The molecule has 0 saturated heterocycles. The van der Waals surface area contributed by atoms with Crippen LogP contribution in [0, 0.1) is 0 Å². The summed E-state index contributed by atoms with van der Waals surface area (Å²) in [5.74, 6) is 2.92. The molecule has 0 N–H and O–H groups in total. The minimum absolute atomic E-state index is 0.243. The van der Waals surface area contributed by atoms with Crippen LogP contribution in [0.15, 0.2) is 0 Å². The van der Waals surface area contributed by atoms with E-state index in [1.54, 1.807) is 0 Å². The average molecular weight is 601 g/mol. The van der Waals surface area contributed by atoms with Gasteiger partial charge in [0, 0.05) is 134 Å². The highest BCUT2D eigenvalue weighted by Crippen LogP contribution is 2.44. The van der Waals surface area contributed by atoms with Gasteiger partial charge in [-0.1, -0.05) is 0 Å². The lowest BCUT2D eigenvalue weighted by Gasteiger charge is -2.34. The zero-order chi connectivity index (χ0) is 24.9. The Morgan fingerprint density at radius 2 is 0.306 bits per heavy atom. The molecule has 0 amide bonds. The van der Waals surface area contributed by atoms with Crippen molar-refractivity contribution < 1.29 is 25.3 Å². The molecule has 6 nitrogen and oxygen atoms in total. The molecule has 0 aromatic heterocycles. The molecular weight excluding hydrogens is 577 g/mol. The first-order valence-corrected chi connectivity index (χ1v) is 20.6. The molecule has 192 valence electrons. The third-order valence-corrected chi connectivity index (χ3v) is 15.4. The lowest BCUT2D eigenvalue weighted by atomic mass is 9.89. The fraction of sp³-hybridized carbons (Fsp3) is 0.500. The van der Waals surface area contributed by atoms with E-state index in [2.05, 4.69) is 0 Å². The first kappa shape index (κ1) is 24.4. The predicted octanol–water partition coefficient (Wildman–Crippen LogP) is 1.95. The second-order valence-electron chi connectivity index (χ2n) is 10.1. The summed E-state index contributed by atoms with van der Waals surface area (Å²) in [4.78, 5) is 0. The van der Waals surface area contributed by atoms with E-state index in [-0.39, 0.29) is 69.0 Å². The molecule has 0 atom stereocenters. The highest BCUT2D eigenvalue weighted by molar-refractivity contribution is 7.85. The summed E-state index contributed by atoms with van der Waals surface area (Å²) in [5.41, 5.74) is 9.56. The molecule has 0 spiro atoms. The minimum Gasteiger partial charge on any atom is -0.259 e. The van der Waals surface area contributed by atoms with Crippen molar-refractivity contribution in [2.75, 3.05) is 0 Å². The maximum atomic E-state index is 13.7. The van der Waals surface area contributed by atoms with E-state index < -0.39 is 64.8 Å². The highest BCUT2D eigenvalue weighted by atomic mass is 32.2. The lowest BCUT2D eigenvalue weighted by molar-refractivity contribution is 0.670. The van der Waals surface area contributed by atoms with Crippen molar-refractivity contribution in [3.63, 3.8) is 0 Å². The molecule has 36 heavy (non-hydrogen) atoms. The average Bonchev–Trinajstić information content (AvgIpc) is 2.80. The van der Waals surface area contributed by atoms with Crippen LogP contribution in [0.25, 0.3) is 0 Å². The number of hydrogen-bond donors (Lipinski definition) is 0. The van der Waals surface area contributed by atoms with Crippen LogP contribution in [0.4, 0.5) is 0 Å². The number of fused-ring (bicyclic) bond motifs is 12. The fourth-order valence-electron chi connectivity index (χ4n) is 6.51. The van der Waals surface area contributed by atoms with E-state index in [0.29, 0.717) is 0 Å². The second-order valence-corrected chi connectivity index (χ2v) is 18.9. The molecule has 2 aromatic carbocycles. The van der Waals surface area contributed by atoms with Crippen LogP contribution in [0.3, 0.4) is 0 Å². The maximum absolute atomic E-state index is 13.7. The van der Waals surface area contributed by atoms with E-state index in [1.807, 2.05) is 0 Å². The van der Waals surface area contributed by atoms with Crippen LogP contribution in [0.5, 0.6) is 0 Å². The Morgan fingerprint density at radius 1 is 0.222 bits per heavy atom. The maximum Gasteiger partial charge on any atom is 0.0495 e. The summed E-state index contributed by atoms with van der Waals surface area (Å²) >= 11 is 0. The Kier molecular flexibility index (Phi) is 6.06. The molecule has 0 radical (unpaired) electrons. The van der Waals surface area contributed by atoms with Crippen molar-refractivity contribution in [2.24, 2.45) is 0 Å². The molecule has 12 bridgehead atoms. The topological polar surface area (TPSA) is 102 Å². The van der Waals surface area contributed by atoms with Gasteiger partial charge in [-0.15, -0.1) is 0 Å². The zero-order valence-corrected chi connectivity index (χ0v) is 24.3. The molecule has 0 aliphatic carbocycles. The molecule has 6 heterocycles. The van der Waals surface area contributed by atoms with E-state index in [0.717, 1.165) is 66.8 Å². The van der Waals surface area contributed by atoms with Gasteiger partial charge in [-0.3, -0.25) is 25.3 Å². The quantitative estimate of drug-likeness (QED) is 0.458. The molecule has 2 aromatic rings. The molecule has 0 saturated carbocycles. The summed E-state index contributed by atoms with van der Waals surface area (Å²) in [5, 5.41) is 0. The van der Waals surface area contributed by atoms with Gasteiger partial charge in [-0.05, 0) is 66.8 Å². The summed E-state index contributed by atoms with van der Waals surface area (Å²) in [7, 11) is -7.45. The predicted molar refractivity (Wildman–Crippen MR) is 146 cm³/mol. The highest BCUT2D eigenvalue weighted by Gasteiger charge is 2.37. The SMILES string of the molecule is O=S1Cc2c3c4c5c6c2CS(=O)Cc2c(c(c(c(c2CS(=O)C6)CS(=O)C5)CS(=O)C4)CS(=O)C3)C1. The van der Waals surface area contributed by atoms with Crippen LogP contribution in [-0.4, -0.2) is 25.3 Å². The Labute approximate surface area is 224 Å². The van der Waals surface area contributed by atoms with E-state index in [9.17, 15) is 25.3 Å². The van der Waals surface area contributed by atoms with Crippen LogP contribution in [0.2, 0.25) is 0 Å². The normalized spacial score (nSPS) is 32.3. The van der Waals surface area contributed by atoms with Gasteiger partial charge in [-0.2, -0.15) is 0 Å². The van der Waals surface area contributed by atoms with Gasteiger partial charge in [0.1, 0.15) is 0 Å². The summed E-state index contributed by atoms with van der Waals surface area (Å²) < 4.78 is 82.3. The Balaban J connectivity index is 1.80. The van der Waals surface area contributed by atoms with Gasteiger partial charge >= 0.3 is 0 Å². The minimum atomic E-state index is -1.24. The van der Waals surface area contributed by atoms with Crippen molar-refractivity contribution in [3.05, 3.63) is 66.8 Å². The van der Waals surface area contributed by atoms with Crippen molar-refractivity contribution in [1.29, 1.82) is 0 Å². The largest absolute Gasteiger partial charge is 0.259 e. The van der Waals surface area contributed by atoms with Crippen molar-refractivity contribution in [2.45, 2.75) is 69.0 Å². The molecule has 8 rings (SSSR count). The summed E-state index contributed by atoms with van der Waals surface area (Å²) in [6, 6.07) is 0. The summed E-state index contributed by atoms with van der Waals surface area (Å²) in [6.45, 7) is 0. The Hall–Kier alpha value is -0.660. The Bertz CT molecular complexity index is 1120. The number of hydrogen-bond acceptors (Lipinski definition) is 6. The molecule has 12 heteroatoms. The van der Waals surface area contributed by atoms with Gasteiger partial charge in [-0.25, -0.2) is 0 Å². The van der Waals surface area contributed by atoms with E-state index in [1.165, 1.54) is 0 Å². The zero-order valence-electron chi connectivity index (χ0n) is 19.4. The standard InChI is InChI=1S/C24H24O6S6/c25-31-1-13-14-3-32(26)7-19-16(2-31)20-8-33(27)4-15(13)18-6-35(29)11-23(20)24-12-36(30)9-21(18)17(14)5-34(28)10-22(19)24/h1-12H2. The van der Waals surface area contributed by atoms with E-state index in [4.69, 9.17) is 0 Å². The second kappa shape index (κ2) is 8.94. The van der Waals surface area contributed by atoms with Crippen molar-refractivity contribution in [3.8, 4) is 0 Å². The van der Waals surface area contributed by atoms with Crippen LogP contribution < -0.4 is 0 Å². The lowest BCUT2D eigenvalue weighted by Crippen LogP contribution is -2.29. The number of benzene rings is 2. The fourth-order valence-corrected chi connectivity index (χ4v) is 15.2. The van der Waals surface area contributed by atoms with Crippen molar-refractivity contribution in [1.82, 2.24) is 0 Å². The van der Waals surface area contributed by atoms with Gasteiger partial charge < -0.3 is 0 Å².